The molecule has 1 fully saturated rings. The van der Waals surface area contributed by atoms with Crippen LogP contribution in [0.25, 0.3) is 0 Å². The summed E-state index contributed by atoms with van der Waals surface area (Å²) in [5.41, 5.74) is 2.65. The second-order valence-electron chi connectivity index (χ2n) is 7.22. The molecule has 0 spiro atoms. The van der Waals surface area contributed by atoms with E-state index in [0.29, 0.717) is 13.1 Å². The number of amides is 3. The third kappa shape index (κ3) is 3.67. The number of benzene rings is 1. The van der Waals surface area contributed by atoms with Gasteiger partial charge in [0.2, 0.25) is 0 Å². The average molecular weight is 383 g/mol. The van der Waals surface area contributed by atoms with Gasteiger partial charge in [-0.1, -0.05) is 0 Å². The molecule has 0 radical (unpaired) electrons. The van der Waals surface area contributed by atoms with E-state index >= 15 is 0 Å². The van der Waals surface area contributed by atoms with E-state index in [0.717, 1.165) is 49.2 Å². The number of carbonyl (C=O) groups is 2. The molecule has 3 heterocycles. The molecule has 2 aliphatic heterocycles. The molecule has 8 nitrogen and oxygen atoms in total. The first-order chi connectivity index (χ1) is 13.7. The summed E-state index contributed by atoms with van der Waals surface area (Å²) in [5.74, 6) is 0. The Morgan fingerprint density at radius 3 is 2.96 bits per heavy atom. The molecular formula is C20H25N5O3. The summed E-state index contributed by atoms with van der Waals surface area (Å²) in [7, 11) is 1.39. The fourth-order valence-electron chi connectivity index (χ4n) is 4.09. The molecule has 0 aliphatic carbocycles. The summed E-state index contributed by atoms with van der Waals surface area (Å²) in [6.07, 6.45) is 7.05. The van der Waals surface area contributed by atoms with Crippen LogP contribution in [-0.2, 0) is 17.7 Å². The Labute approximate surface area is 164 Å². The first kappa shape index (κ1) is 18.3. The number of likely N-dealkylation sites (tertiary alicyclic amines) is 1. The number of anilines is 2. The molecule has 28 heavy (non-hydrogen) atoms. The summed E-state index contributed by atoms with van der Waals surface area (Å²) >= 11 is 0. The minimum atomic E-state index is -0.351. The Balaban J connectivity index is 1.45. The van der Waals surface area contributed by atoms with Gasteiger partial charge in [0.15, 0.2) is 0 Å². The van der Waals surface area contributed by atoms with Gasteiger partial charge in [0.05, 0.1) is 25.4 Å². The van der Waals surface area contributed by atoms with Gasteiger partial charge >= 0.3 is 12.1 Å². The lowest BCUT2D eigenvalue weighted by molar-refractivity contribution is 0.178. The van der Waals surface area contributed by atoms with Crippen LogP contribution in [0, 0.1) is 0 Å². The number of fused-ring (bicyclic) bond motifs is 1. The molecule has 148 valence electrons. The van der Waals surface area contributed by atoms with Crippen LogP contribution in [-0.4, -0.2) is 53.0 Å². The normalized spacial score (nSPS) is 18.7. The topological polar surface area (TPSA) is 79.7 Å². The fourth-order valence-corrected chi connectivity index (χ4v) is 4.09. The van der Waals surface area contributed by atoms with Gasteiger partial charge in [-0.15, -0.1) is 0 Å². The number of nitrogens with one attached hydrogen (secondary N) is 1. The van der Waals surface area contributed by atoms with Crippen molar-refractivity contribution in [3.63, 3.8) is 0 Å². The fraction of sp³-hybridized carbons (Fsp3) is 0.450. The zero-order chi connectivity index (χ0) is 19.5. The highest BCUT2D eigenvalue weighted by Crippen LogP contribution is 2.30. The van der Waals surface area contributed by atoms with Gasteiger partial charge in [0.1, 0.15) is 0 Å². The lowest BCUT2D eigenvalue weighted by Crippen LogP contribution is -2.41. The molecule has 0 bridgehead atoms. The third-order valence-corrected chi connectivity index (χ3v) is 5.44. The van der Waals surface area contributed by atoms with Crippen LogP contribution in [0.1, 0.15) is 24.8 Å². The first-order valence-electron chi connectivity index (χ1n) is 9.69. The lowest BCUT2D eigenvalue weighted by Gasteiger charge is -2.29. The molecule has 2 aliphatic rings. The minimum Gasteiger partial charge on any atom is -0.452 e. The van der Waals surface area contributed by atoms with Gasteiger partial charge < -0.3 is 15.0 Å². The number of ether oxygens (including phenoxy) is 1. The van der Waals surface area contributed by atoms with Gasteiger partial charge in [-0.25, -0.2) is 9.59 Å². The lowest BCUT2D eigenvalue weighted by atomic mass is 10.0. The predicted molar refractivity (Wildman–Crippen MR) is 105 cm³/mol. The molecule has 0 saturated carbocycles. The summed E-state index contributed by atoms with van der Waals surface area (Å²) in [5, 5.41) is 7.27. The molecule has 1 aromatic heterocycles. The van der Waals surface area contributed by atoms with E-state index in [4.69, 9.17) is 4.74 Å². The van der Waals surface area contributed by atoms with E-state index < -0.39 is 0 Å². The Morgan fingerprint density at radius 1 is 1.29 bits per heavy atom. The number of carbonyl (C=O) groups excluding carboxylic acids is 2. The van der Waals surface area contributed by atoms with Gasteiger partial charge in [-0.2, -0.15) is 5.10 Å². The number of aryl methyl sites for hydroxylation is 1. The van der Waals surface area contributed by atoms with Crippen LogP contribution < -0.4 is 10.2 Å². The van der Waals surface area contributed by atoms with Crippen LogP contribution in [0.2, 0.25) is 0 Å². The molecule has 3 amide bonds. The molecule has 2 aromatic rings. The molecule has 8 heteroatoms. The first-order valence-corrected chi connectivity index (χ1v) is 9.69. The highest BCUT2D eigenvalue weighted by atomic mass is 16.5. The number of hydrogen-bond acceptors (Lipinski definition) is 4. The van der Waals surface area contributed by atoms with Crippen LogP contribution >= 0.6 is 0 Å². The highest BCUT2D eigenvalue weighted by Gasteiger charge is 2.29. The second kappa shape index (κ2) is 7.92. The molecule has 4 rings (SSSR count). The van der Waals surface area contributed by atoms with E-state index in [-0.39, 0.29) is 18.2 Å². The van der Waals surface area contributed by atoms with Crippen LogP contribution in [0.5, 0.6) is 0 Å². The summed E-state index contributed by atoms with van der Waals surface area (Å²) in [4.78, 5) is 28.3. The quantitative estimate of drug-likeness (QED) is 0.883. The van der Waals surface area contributed by atoms with Crippen molar-refractivity contribution in [2.24, 2.45) is 0 Å². The maximum absolute atomic E-state index is 12.8. The second-order valence-corrected chi connectivity index (χ2v) is 7.22. The van der Waals surface area contributed by atoms with Gasteiger partial charge in [0.25, 0.3) is 0 Å². The van der Waals surface area contributed by atoms with E-state index in [1.807, 2.05) is 40.0 Å². The van der Waals surface area contributed by atoms with E-state index in [1.54, 1.807) is 11.1 Å². The number of urea groups is 1. The largest absolute Gasteiger partial charge is 0.452 e. The Bertz CT molecular complexity index is 852. The predicted octanol–water partition coefficient (Wildman–Crippen LogP) is 3.10. The number of hydrogen-bond donors (Lipinski definition) is 1. The maximum Gasteiger partial charge on any atom is 0.414 e. The average Bonchev–Trinajstić information content (AvgIpc) is 3.39. The number of rotatable bonds is 3. The van der Waals surface area contributed by atoms with Gasteiger partial charge in [-0.3, -0.25) is 9.58 Å². The minimum absolute atomic E-state index is 0.0877. The third-order valence-electron chi connectivity index (χ3n) is 5.44. The van der Waals surface area contributed by atoms with E-state index in [1.165, 1.54) is 7.11 Å². The van der Waals surface area contributed by atoms with Gasteiger partial charge in [-0.05, 0) is 55.5 Å². The monoisotopic (exact) mass is 383 g/mol. The molecule has 1 aromatic carbocycles. The van der Waals surface area contributed by atoms with E-state index in [9.17, 15) is 9.59 Å². The Kier molecular flexibility index (Phi) is 5.18. The standard InChI is InChI=1S/C20H25N5O3/c1-28-20(27)25-12-2-5-15-13-16(7-8-18(15)25)22-19(26)24-11-3-6-17(24)14-23-10-4-9-21-23/h4,7-10,13,17H,2-3,5-6,11-12,14H2,1H3,(H,22,26)/t17-/m1/s1. The van der Waals surface area contributed by atoms with Crippen molar-refractivity contribution in [1.82, 2.24) is 14.7 Å². The number of methoxy groups -OCH3 is 1. The molecule has 1 N–H and O–H groups in total. The molecule has 1 saturated heterocycles. The zero-order valence-corrected chi connectivity index (χ0v) is 16.0. The van der Waals surface area contributed by atoms with Crippen LogP contribution in [0.15, 0.2) is 36.7 Å². The number of aromatic nitrogens is 2. The van der Waals surface area contributed by atoms with Crippen molar-refractivity contribution >= 4 is 23.5 Å². The van der Waals surface area contributed by atoms with Gasteiger partial charge in [0, 0.05) is 31.2 Å². The summed E-state index contributed by atoms with van der Waals surface area (Å²) in [6.45, 7) is 2.10. The highest BCUT2D eigenvalue weighted by molar-refractivity contribution is 5.92. The molecule has 1 atom stereocenters. The zero-order valence-electron chi connectivity index (χ0n) is 16.0. The van der Waals surface area contributed by atoms with Crippen molar-refractivity contribution < 1.29 is 14.3 Å². The van der Waals surface area contributed by atoms with Crippen molar-refractivity contribution in [2.75, 3.05) is 30.4 Å². The molecular weight excluding hydrogens is 358 g/mol. The van der Waals surface area contributed by atoms with Crippen LogP contribution in [0.3, 0.4) is 0 Å². The Morgan fingerprint density at radius 2 is 2.18 bits per heavy atom. The van der Waals surface area contributed by atoms with Crippen molar-refractivity contribution in [3.8, 4) is 0 Å². The Hall–Kier alpha value is -3.03. The molecule has 0 unspecified atom stereocenters. The summed E-state index contributed by atoms with van der Waals surface area (Å²) in [6, 6.07) is 7.64. The van der Waals surface area contributed by atoms with E-state index in [2.05, 4.69) is 10.4 Å². The SMILES string of the molecule is COC(=O)N1CCCc2cc(NC(=O)N3CCC[C@@H]3Cn3cccn3)ccc21. The van der Waals surface area contributed by atoms with Crippen LogP contribution in [0.4, 0.5) is 21.0 Å². The van der Waals surface area contributed by atoms with Crippen molar-refractivity contribution in [2.45, 2.75) is 38.3 Å². The maximum atomic E-state index is 12.8. The number of nitrogens with zero attached hydrogens (tertiary/aromatic N) is 4. The summed E-state index contributed by atoms with van der Waals surface area (Å²) < 4.78 is 6.74. The van der Waals surface area contributed by atoms with Crippen molar-refractivity contribution in [3.05, 3.63) is 42.2 Å². The smallest absolute Gasteiger partial charge is 0.414 e. The van der Waals surface area contributed by atoms with Crippen molar-refractivity contribution in [1.29, 1.82) is 0 Å².